The van der Waals surface area contributed by atoms with Crippen LogP contribution in [-0.4, -0.2) is 6.41 Å². The number of amides is 1. The summed E-state index contributed by atoms with van der Waals surface area (Å²) >= 11 is 0. The summed E-state index contributed by atoms with van der Waals surface area (Å²) in [5, 5.41) is 2.45. The lowest BCUT2D eigenvalue weighted by molar-refractivity contribution is 0.561. The molecule has 0 spiro atoms. The minimum absolute atomic E-state index is 0.789. The Labute approximate surface area is 66.2 Å². The minimum atomic E-state index is 0.789. The SMILES string of the molecule is CCc1ccc(N[C]=O)cc1. The molecule has 0 aliphatic carbocycles. The van der Waals surface area contributed by atoms with Crippen molar-refractivity contribution < 1.29 is 4.79 Å². The summed E-state index contributed by atoms with van der Waals surface area (Å²) in [4.78, 5) is 9.89. The van der Waals surface area contributed by atoms with Gasteiger partial charge >= 0.3 is 6.41 Å². The summed E-state index contributed by atoms with van der Waals surface area (Å²) in [7, 11) is 0. The van der Waals surface area contributed by atoms with Crippen LogP contribution < -0.4 is 5.32 Å². The first-order valence-corrected chi connectivity index (χ1v) is 3.59. The molecule has 1 N–H and O–H groups in total. The molecule has 2 nitrogen and oxygen atoms in total. The standard InChI is InChI=1S/C9H10NO/c1-2-8-3-5-9(6-4-8)10-7-11/h3-6H,2H2,1H3,(H,10,11). The van der Waals surface area contributed by atoms with Crippen LogP contribution in [0.4, 0.5) is 5.69 Å². The number of carbonyl (C=O) groups excluding carboxylic acids is 1. The van der Waals surface area contributed by atoms with Gasteiger partial charge in [0.2, 0.25) is 0 Å². The Morgan fingerprint density at radius 3 is 2.45 bits per heavy atom. The van der Waals surface area contributed by atoms with Crippen molar-refractivity contribution in [3.05, 3.63) is 29.8 Å². The number of rotatable bonds is 3. The van der Waals surface area contributed by atoms with Gasteiger partial charge in [-0.25, -0.2) is 0 Å². The third-order valence-corrected chi connectivity index (χ3v) is 1.56. The normalized spacial score (nSPS) is 9.18. The van der Waals surface area contributed by atoms with Crippen molar-refractivity contribution in [2.75, 3.05) is 5.32 Å². The van der Waals surface area contributed by atoms with Crippen molar-refractivity contribution in [2.45, 2.75) is 13.3 Å². The molecule has 11 heavy (non-hydrogen) atoms. The van der Waals surface area contributed by atoms with Gasteiger partial charge in [0.25, 0.3) is 0 Å². The summed E-state index contributed by atoms with van der Waals surface area (Å²) in [5.41, 5.74) is 2.05. The van der Waals surface area contributed by atoms with E-state index in [2.05, 4.69) is 12.2 Å². The van der Waals surface area contributed by atoms with E-state index in [1.54, 1.807) is 6.41 Å². The van der Waals surface area contributed by atoms with Gasteiger partial charge in [-0.3, -0.25) is 4.79 Å². The van der Waals surface area contributed by atoms with E-state index in [9.17, 15) is 4.79 Å². The van der Waals surface area contributed by atoms with Crippen molar-refractivity contribution in [1.82, 2.24) is 0 Å². The molecule has 1 rings (SSSR count). The molecular weight excluding hydrogens is 138 g/mol. The number of benzene rings is 1. The molecule has 1 amide bonds. The zero-order valence-corrected chi connectivity index (χ0v) is 6.42. The molecule has 0 unspecified atom stereocenters. The molecule has 0 aliphatic heterocycles. The Morgan fingerprint density at radius 2 is 2.00 bits per heavy atom. The van der Waals surface area contributed by atoms with Crippen molar-refractivity contribution in [2.24, 2.45) is 0 Å². The number of anilines is 1. The van der Waals surface area contributed by atoms with E-state index in [4.69, 9.17) is 0 Å². The lowest BCUT2D eigenvalue weighted by Gasteiger charge is -1.98. The number of aryl methyl sites for hydroxylation is 1. The summed E-state index contributed by atoms with van der Waals surface area (Å²) in [6, 6.07) is 7.70. The highest BCUT2D eigenvalue weighted by atomic mass is 16.1. The molecule has 0 fully saturated rings. The Balaban J connectivity index is 2.74. The molecule has 1 aromatic carbocycles. The molecule has 0 atom stereocenters. The van der Waals surface area contributed by atoms with E-state index in [0.29, 0.717) is 0 Å². The van der Waals surface area contributed by atoms with Gasteiger partial charge in [0.1, 0.15) is 0 Å². The van der Waals surface area contributed by atoms with Gasteiger partial charge in [0.15, 0.2) is 0 Å². The molecule has 57 valence electrons. The van der Waals surface area contributed by atoms with Gasteiger partial charge in [-0.15, -0.1) is 0 Å². The first-order chi connectivity index (χ1) is 5.36. The van der Waals surface area contributed by atoms with Crippen molar-refractivity contribution in [1.29, 1.82) is 0 Å². The van der Waals surface area contributed by atoms with Gasteiger partial charge in [0, 0.05) is 5.69 Å². The molecule has 1 aromatic rings. The highest BCUT2D eigenvalue weighted by Gasteiger charge is 1.89. The average molecular weight is 148 g/mol. The molecule has 2 heteroatoms. The summed E-state index contributed by atoms with van der Waals surface area (Å²) in [6.45, 7) is 2.09. The van der Waals surface area contributed by atoms with Crippen LogP contribution in [0.3, 0.4) is 0 Å². The molecule has 0 heterocycles. The second kappa shape index (κ2) is 3.76. The minimum Gasteiger partial charge on any atom is -0.318 e. The first kappa shape index (κ1) is 7.79. The van der Waals surface area contributed by atoms with Crippen LogP contribution in [0.15, 0.2) is 24.3 Å². The van der Waals surface area contributed by atoms with Crippen LogP contribution in [0.1, 0.15) is 12.5 Å². The maximum absolute atomic E-state index is 9.89. The molecule has 0 aliphatic rings. The van der Waals surface area contributed by atoms with E-state index in [1.165, 1.54) is 5.56 Å². The number of hydrogen-bond acceptors (Lipinski definition) is 1. The first-order valence-electron chi connectivity index (χ1n) is 3.59. The summed E-state index contributed by atoms with van der Waals surface area (Å²) in [6.07, 6.45) is 2.64. The molecule has 0 bridgehead atoms. The van der Waals surface area contributed by atoms with E-state index >= 15 is 0 Å². The molecule has 0 saturated carbocycles. The topological polar surface area (TPSA) is 29.1 Å². The van der Waals surface area contributed by atoms with Crippen molar-refractivity contribution in [3.63, 3.8) is 0 Å². The van der Waals surface area contributed by atoms with Gasteiger partial charge in [-0.1, -0.05) is 19.1 Å². The summed E-state index contributed by atoms with van der Waals surface area (Å²) in [5.74, 6) is 0. The average Bonchev–Trinajstić information content (AvgIpc) is 2.07. The maximum Gasteiger partial charge on any atom is 0.314 e. The van der Waals surface area contributed by atoms with Crippen LogP contribution in [0.2, 0.25) is 0 Å². The Kier molecular flexibility index (Phi) is 2.66. The molecule has 0 aromatic heterocycles. The molecule has 0 saturated heterocycles. The highest BCUT2D eigenvalue weighted by Crippen LogP contribution is 2.08. The largest absolute Gasteiger partial charge is 0.318 e. The van der Waals surface area contributed by atoms with Crippen LogP contribution in [0, 0.1) is 0 Å². The van der Waals surface area contributed by atoms with E-state index in [1.807, 2.05) is 24.3 Å². The Bertz CT molecular complexity index is 228. The quantitative estimate of drug-likeness (QED) is 0.650. The second-order valence-electron chi connectivity index (χ2n) is 2.28. The predicted octanol–water partition coefficient (Wildman–Crippen LogP) is 1.73. The molecular formula is C9H10NO. The molecule has 1 radical (unpaired) electrons. The van der Waals surface area contributed by atoms with Gasteiger partial charge in [-0.2, -0.15) is 0 Å². The number of nitrogens with one attached hydrogen (secondary N) is 1. The monoisotopic (exact) mass is 148 g/mol. The second-order valence-corrected chi connectivity index (χ2v) is 2.28. The maximum atomic E-state index is 9.89. The fraction of sp³-hybridized carbons (Fsp3) is 0.222. The van der Waals surface area contributed by atoms with E-state index < -0.39 is 0 Å². The van der Waals surface area contributed by atoms with Crippen LogP contribution in [0.5, 0.6) is 0 Å². The number of hydrogen-bond donors (Lipinski definition) is 1. The zero-order chi connectivity index (χ0) is 8.10. The Morgan fingerprint density at radius 1 is 1.36 bits per heavy atom. The van der Waals surface area contributed by atoms with Crippen molar-refractivity contribution >= 4 is 12.1 Å². The third kappa shape index (κ3) is 2.08. The van der Waals surface area contributed by atoms with Crippen molar-refractivity contribution in [3.8, 4) is 0 Å². The Hall–Kier alpha value is -1.31. The smallest absolute Gasteiger partial charge is 0.314 e. The van der Waals surface area contributed by atoms with Crippen LogP contribution >= 0.6 is 0 Å². The van der Waals surface area contributed by atoms with Gasteiger partial charge in [0.05, 0.1) is 0 Å². The predicted molar refractivity (Wildman–Crippen MR) is 45.1 cm³/mol. The van der Waals surface area contributed by atoms with Gasteiger partial charge in [-0.05, 0) is 24.1 Å². The van der Waals surface area contributed by atoms with E-state index in [-0.39, 0.29) is 0 Å². The fourth-order valence-electron chi connectivity index (χ4n) is 0.883. The van der Waals surface area contributed by atoms with Gasteiger partial charge < -0.3 is 5.32 Å². The zero-order valence-electron chi connectivity index (χ0n) is 6.42. The van der Waals surface area contributed by atoms with Crippen LogP contribution in [-0.2, 0) is 11.2 Å². The third-order valence-electron chi connectivity index (χ3n) is 1.56. The lowest BCUT2D eigenvalue weighted by atomic mass is 10.1. The lowest BCUT2D eigenvalue weighted by Crippen LogP contribution is -1.92. The highest BCUT2D eigenvalue weighted by molar-refractivity contribution is 5.71. The van der Waals surface area contributed by atoms with E-state index in [0.717, 1.165) is 12.1 Å². The fourth-order valence-corrected chi connectivity index (χ4v) is 0.883. The summed E-state index contributed by atoms with van der Waals surface area (Å²) < 4.78 is 0. The van der Waals surface area contributed by atoms with Crippen LogP contribution in [0.25, 0.3) is 0 Å².